The fraction of sp³-hybridized carbons (Fsp3) is 0.328. The molecule has 5 nitrogen and oxygen atoms in total. The maximum absolute atomic E-state index is 4.94. The van der Waals surface area contributed by atoms with Gasteiger partial charge in [-0.2, -0.15) is 0 Å². The molecule has 0 radical (unpaired) electrons. The molecule has 0 fully saturated rings. The summed E-state index contributed by atoms with van der Waals surface area (Å²) in [4.78, 5) is 19.1. The van der Waals surface area contributed by atoms with E-state index in [0.29, 0.717) is 5.54 Å². The van der Waals surface area contributed by atoms with Gasteiger partial charge in [0.15, 0.2) is 0 Å². The number of benzene rings is 6. The number of fused-ring (bicyclic) bond motifs is 5. The van der Waals surface area contributed by atoms with Crippen LogP contribution in [-0.2, 0) is 36.6 Å². The number of hydrogen-bond donors (Lipinski definition) is 0. The van der Waals surface area contributed by atoms with Gasteiger partial charge < -0.3 is 4.90 Å². The Morgan fingerprint density at radius 3 is 1.60 bits per heavy atom. The number of rotatable bonds is 2. The van der Waals surface area contributed by atoms with Gasteiger partial charge in [-0.1, -0.05) is 182 Å². The van der Waals surface area contributed by atoms with Gasteiger partial charge in [-0.05, 0) is 130 Å². The van der Waals surface area contributed by atoms with Gasteiger partial charge in [0.05, 0.1) is 22.6 Å². The zero-order chi connectivity index (χ0) is 51.3. The van der Waals surface area contributed by atoms with Gasteiger partial charge >= 0.3 is 0 Å². The largest absolute Gasteiger partial charge is 0.336 e. The molecule has 9 aromatic rings. The third kappa shape index (κ3) is 13.2. The molecule has 378 valence electrons. The number of hydrogen-bond acceptors (Lipinski definition) is 6. The Hall–Kier alpha value is -6.47. The molecule has 73 heavy (non-hydrogen) atoms. The number of aromatic nitrogens is 3. The minimum Gasteiger partial charge on any atom is -0.336 e. The third-order valence-electron chi connectivity index (χ3n) is 13.6. The molecule has 0 amide bonds. The molecule has 0 spiro atoms. The SMILES string of the molecule is C.CC(C)(C)N1CCc2ccccc2C1.CC(C)(C)N1c2ccccc2CCc2ccccc21.CC(C)(C)c1cc(-c2nccs2)nc2ccccc12.CC(C)(C)c1nc(-c2ccccc2)cc2ccccc12. The highest BCUT2D eigenvalue weighted by Crippen LogP contribution is 2.41. The van der Waals surface area contributed by atoms with E-state index in [2.05, 4.69) is 250 Å². The van der Waals surface area contributed by atoms with Crippen LogP contribution in [0.25, 0.3) is 43.6 Å². The van der Waals surface area contributed by atoms with E-state index in [-0.39, 0.29) is 23.8 Å². The van der Waals surface area contributed by atoms with Crippen LogP contribution in [0.4, 0.5) is 11.4 Å². The first-order valence-corrected chi connectivity index (χ1v) is 26.7. The normalized spacial score (nSPS) is 13.6. The van der Waals surface area contributed by atoms with E-state index in [1.807, 2.05) is 23.7 Å². The van der Waals surface area contributed by atoms with Gasteiger partial charge in [-0.15, -0.1) is 11.3 Å². The predicted octanol–water partition coefficient (Wildman–Crippen LogP) is 18.1. The molecule has 3 aromatic heterocycles. The fourth-order valence-corrected chi connectivity index (χ4v) is 10.5. The molecule has 0 N–H and O–H groups in total. The second-order valence-corrected chi connectivity index (χ2v) is 24.1. The molecule has 6 heteroatoms. The standard InChI is InChI=1S/C19H19N.C18H21N.C16H16N2S.C13H19N.CH4/c1-19(2,3)18-16-12-8-7-11-15(16)13-17(20-18)14-9-5-4-6-10-14;1-18(2,3)19-16-10-6-4-8-14(16)12-13-15-9-5-7-11-17(15)19;1-16(2,3)12-10-14(15-17-8-9-19-15)18-13-7-5-4-6-11(12)13;1-13(2,3)14-9-8-11-6-4-5-7-12(11)10-14;/h4-13H,1-3H3;4-11H,12-13H2,1-3H3;4-10H,1-3H3;4-7H,8-10H2,1-3H3;1H4. The van der Waals surface area contributed by atoms with Crippen molar-refractivity contribution < 1.29 is 0 Å². The number of anilines is 2. The van der Waals surface area contributed by atoms with Crippen LogP contribution in [0.5, 0.6) is 0 Å². The molecule has 0 saturated heterocycles. The van der Waals surface area contributed by atoms with Crippen molar-refractivity contribution >= 4 is 44.4 Å². The van der Waals surface area contributed by atoms with E-state index >= 15 is 0 Å². The quantitative estimate of drug-likeness (QED) is 0.173. The van der Waals surface area contributed by atoms with Crippen LogP contribution in [0, 0.1) is 0 Å². The molecule has 0 atom stereocenters. The van der Waals surface area contributed by atoms with Gasteiger partial charge in [0, 0.05) is 68.9 Å². The Bertz CT molecular complexity index is 3170. The minimum absolute atomic E-state index is 0. The average Bonchev–Trinajstić information content (AvgIpc) is 3.85. The summed E-state index contributed by atoms with van der Waals surface area (Å²) in [5.41, 5.74) is 15.9. The molecule has 5 heterocycles. The zero-order valence-electron chi connectivity index (χ0n) is 44.9. The lowest BCUT2D eigenvalue weighted by molar-refractivity contribution is 0.121. The number of para-hydroxylation sites is 3. The van der Waals surface area contributed by atoms with Crippen molar-refractivity contribution in [3.8, 4) is 22.0 Å². The molecule has 2 aliphatic rings. The molecule has 0 bridgehead atoms. The van der Waals surface area contributed by atoms with Crippen molar-refractivity contribution in [2.24, 2.45) is 0 Å². The van der Waals surface area contributed by atoms with E-state index in [0.717, 1.165) is 47.0 Å². The Morgan fingerprint density at radius 2 is 1.03 bits per heavy atom. The smallest absolute Gasteiger partial charge is 0.141 e. The lowest BCUT2D eigenvalue weighted by Crippen LogP contribution is -2.44. The molecule has 0 unspecified atom stereocenters. The lowest BCUT2D eigenvalue weighted by atomic mass is 9.84. The highest BCUT2D eigenvalue weighted by molar-refractivity contribution is 7.13. The topological polar surface area (TPSA) is 45.2 Å². The summed E-state index contributed by atoms with van der Waals surface area (Å²) in [6.45, 7) is 29.4. The van der Waals surface area contributed by atoms with E-state index in [1.165, 1.54) is 73.9 Å². The molecular formula is C67H79N5S. The molecule has 2 aliphatic heterocycles. The summed E-state index contributed by atoms with van der Waals surface area (Å²) < 4.78 is 0. The summed E-state index contributed by atoms with van der Waals surface area (Å²) in [5, 5.41) is 6.71. The summed E-state index contributed by atoms with van der Waals surface area (Å²) in [7, 11) is 0. The molecule has 0 aliphatic carbocycles. The Kier molecular flexibility index (Phi) is 16.9. The first kappa shape index (κ1) is 54.3. The van der Waals surface area contributed by atoms with Crippen molar-refractivity contribution in [3.63, 3.8) is 0 Å². The Labute approximate surface area is 442 Å². The van der Waals surface area contributed by atoms with Gasteiger partial charge in [0.25, 0.3) is 0 Å². The molecule has 6 aromatic carbocycles. The summed E-state index contributed by atoms with van der Waals surface area (Å²) in [6, 6.07) is 58.0. The monoisotopic (exact) mass is 986 g/mol. The minimum atomic E-state index is 0. The first-order valence-electron chi connectivity index (χ1n) is 25.8. The second kappa shape index (κ2) is 22.7. The number of thiazole rings is 1. The van der Waals surface area contributed by atoms with E-state index in [4.69, 9.17) is 9.97 Å². The van der Waals surface area contributed by atoms with Gasteiger partial charge in [0.1, 0.15) is 5.01 Å². The van der Waals surface area contributed by atoms with Crippen molar-refractivity contribution in [1.29, 1.82) is 0 Å². The van der Waals surface area contributed by atoms with Gasteiger partial charge in [-0.3, -0.25) is 9.88 Å². The highest BCUT2D eigenvalue weighted by Gasteiger charge is 2.29. The van der Waals surface area contributed by atoms with Crippen LogP contribution < -0.4 is 4.90 Å². The van der Waals surface area contributed by atoms with Crippen LogP contribution >= 0.6 is 11.3 Å². The van der Waals surface area contributed by atoms with Crippen molar-refractivity contribution in [2.75, 3.05) is 11.4 Å². The van der Waals surface area contributed by atoms with E-state index in [9.17, 15) is 0 Å². The Balaban J connectivity index is 0.000000143. The van der Waals surface area contributed by atoms with E-state index in [1.54, 1.807) is 11.3 Å². The summed E-state index contributed by atoms with van der Waals surface area (Å²) in [5.74, 6) is 0. The molecule has 0 saturated carbocycles. The zero-order valence-corrected chi connectivity index (χ0v) is 45.7. The second-order valence-electron chi connectivity index (χ2n) is 23.2. The van der Waals surface area contributed by atoms with Crippen LogP contribution in [0.1, 0.15) is 124 Å². The van der Waals surface area contributed by atoms with Crippen molar-refractivity contribution in [1.82, 2.24) is 19.9 Å². The average molecular weight is 986 g/mol. The number of aryl methyl sites for hydroxylation is 2. The predicted molar refractivity (Wildman–Crippen MR) is 317 cm³/mol. The summed E-state index contributed by atoms with van der Waals surface area (Å²) >= 11 is 1.63. The van der Waals surface area contributed by atoms with Gasteiger partial charge in [0.2, 0.25) is 0 Å². The number of pyridine rings is 2. The summed E-state index contributed by atoms with van der Waals surface area (Å²) in [6.07, 6.45) is 5.28. The van der Waals surface area contributed by atoms with Crippen molar-refractivity contribution in [2.45, 2.75) is 138 Å². The van der Waals surface area contributed by atoms with Crippen LogP contribution in [0.15, 0.2) is 175 Å². The van der Waals surface area contributed by atoms with Gasteiger partial charge in [-0.25, -0.2) is 9.97 Å². The van der Waals surface area contributed by atoms with Crippen LogP contribution in [0.3, 0.4) is 0 Å². The van der Waals surface area contributed by atoms with Crippen LogP contribution in [0.2, 0.25) is 0 Å². The van der Waals surface area contributed by atoms with Crippen LogP contribution in [-0.4, -0.2) is 37.5 Å². The number of nitrogens with zero attached hydrogens (tertiary/aromatic N) is 5. The highest BCUT2D eigenvalue weighted by atomic mass is 32.1. The fourth-order valence-electron chi connectivity index (χ4n) is 9.85. The molecule has 11 rings (SSSR count). The maximum Gasteiger partial charge on any atom is 0.141 e. The maximum atomic E-state index is 4.94. The first-order chi connectivity index (χ1) is 34.3. The Morgan fingerprint density at radius 1 is 0.479 bits per heavy atom. The van der Waals surface area contributed by atoms with Crippen molar-refractivity contribution in [3.05, 3.63) is 209 Å². The van der Waals surface area contributed by atoms with E-state index < -0.39 is 0 Å². The third-order valence-corrected chi connectivity index (χ3v) is 14.4. The lowest BCUT2D eigenvalue weighted by Gasteiger charge is -2.39. The molecular weight excluding hydrogens is 907 g/mol.